The van der Waals surface area contributed by atoms with E-state index in [-0.39, 0.29) is 0 Å². The molecule has 0 aliphatic rings. The molecular weight excluding hydrogens is 625 g/mol. The van der Waals surface area contributed by atoms with Gasteiger partial charge < -0.3 is 4.42 Å². The summed E-state index contributed by atoms with van der Waals surface area (Å²) in [6.07, 6.45) is 15.8. The molecule has 0 radical (unpaired) electrons. The van der Waals surface area contributed by atoms with Gasteiger partial charge in [-0.15, -0.1) is 11.3 Å². The van der Waals surface area contributed by atoms with E-state index in [1.807, 2.05) is 24.3 Å². The lowest BCUT2D eigenvalue weighted by Gasteiger charge is -2.10. The lowest BCUT2D eigenvalue weighted by atomic mass is 9.94. The van der Waals surface area contributed by atoms with Crippen LogP contribution in [0.5, 0.6) is 0 Å². The topological polar surface area (TPSA) is 13.1 Å². The van der Waals surface area contributed by atoms with Gasteiger partial charge >= 0.3 is 0 Å². The molecule has 6 aromatic rings. The quantitative estimate of drug-likeness (QED) is 0.148. The summed E-state index contributed by atoms with van der Waals surface area (Å²) in [4.78, 5) is 0. The van der Waals surface area contributed by atoms with E-state index in [9.17, 15) is 0 Å². The number of rotatable bonds is 8. The number of furan rings is 1. The fourth-order valence-electron chi connectivity index (χ4n) is 6.18. The van der Waals surface area contributed by atoms with Gasteiger partial charge in [-0.05, 0) is 110 Å². The summed E-state index contributed by atoms with van der Waals surface area (Å²) in [5.41, 5.74) is 7.48. The van der Waals surface area contributed by atoms with Crippen LogP contribution in [0.1, 0.15) is 36.3 Å². The number of benzene rings is 3. The van der Waals surface area contributed by atoms with Crippen LogP contribution in [0.25, 0.3) is 65.4 Å². The van der Waals surface area contributed by atoms with Crippen LogP contribution in [0.15, 0.2) is 187 Å². The molecule has 244 valence electrons. The van der Waals surface area contributed by atoms with E-state index in [1.54, 1.807) is 23.5 Å². The highest BCUT2D eigenvalue weighted by atomic mass is 32.1. The number of hydrogen-bond acceptors (Lipinski definition) is 2. The number of fused-ring (bicyclic) bond motifs is 5. The molecule has 50 heavy (non-hydrogen) atoms. The zero-order valence-electron chi connectivity index (χ0n) is 28.6. The van der Waals surface area contributed by atoms with Gasteiger partial charge in [0.2, 0.25) is 0 Å². The minimum Gasteiger partial charge on any atom is -0.457 e. The van der Waals surface area contributed by atoms with Crippen molar-refractivity contribution in [3.05, 3.63) is 205 Å². The third kappa shape index (κ3) is 7.52. The molecule has 0 unspecified atom stereocenters. The summed E-state index contributed by atoms with van der Waals surface area (Å²) in [6, 6.07) is 40.9. The molecule has 0 amide bonds. The van der Waals surface area contributed by atoms with Gasteiger partial charge in [0.15, 0.2) is 0 Å². The molecular formula is C48H40OS. The Labute approximate surface area is 299 Å². The van der Waals surface area contributed by atoms with Crippen molar-refractivity contribution in [2.24, 2.45) is 0 Å². The van der Waals surface area contributed by atoms with Crippen LogP contribution >= 0.6 is 11.3 Å². The second-order valence-electron chi connectivity index (χ2n) is 11.9. The Balaban J connectivity index is 1.47. The lowest BCUT2D eigenvalue weighted by molar-refractivity contribution is 0.604. The molecule has 1 nitrogen and oxygen atoms in total. The van der Waals surface area contributed by atoms with E-state index in [1.165, 1.54) is 20.9 Å². The molecule has 0 fully saturated rings. The summed E-state index contributed by atoms with van der Waals surface area (Å²) in [5.74, 6) is 0.820. The Hall–Kier alpha value is -5.96. The molecule has 2 aromatic heterocycles. The Bertz CT molecular complexity index is 2510. The first-order valence-electron chi connectivity index (χ1n) is 16.7. The summed E-state index contributed by atoms with van der Waals surface area (Å²) in [5, 5.41) is 9.10. The third-order valence-electron chi connectivity index (χ3n) is 8.64. The Morgan fingerprint density at radius 2 is 1.40 bits per heavy atom. The van der Waals surface area contributed by atoms with Gasteiger partial charge in [0.1, 0.15) is 11.3 Å². The van der Waals surface area contributed by atoms with Gasteiger partial charge in [-0.3, -0.25) is 0 Å². The van der Waals surface area contributed by atoms with Crippen molar-refractivity contribution in [1.29, 1.82) is 0 Å². The molecule has 0 aliphatic carbocycles. The summed E-state index contributed by atoms with van der Waals surface area (Å²) >= 11 is 1.73. The highest BCUT2D eigenvalue weighted by Crippen LogP contribution is 2.34. The van der Waals surface area contributed by atoms with Crippen LogP contribution in [0, 0.1) is 0 Å². The monoisotopic (exact) mass is 664 g/mol. The molecule has 2 heteroatoms. The Morgan fingerprint density at radius 1 is 0.680 bits per heavy atom. The number of hydrogen-bond donors (Lipinski definition) is 0. The fourth-order valence-corrected chi connectivity index (χ4v) is 6.93. The first-order chi connectivity index (χ1) is 24.5. The van der Waals surface area contributed by atoms with Crippen molar-refractivity contribution < 1.29 is 4.42 Å². The van der Waals surface area contributed by atoms with Crippen molar-refractivity contribution in [1.82, 2.24) is 0 Å². The fraction of sp³-hybridized carbons (Fsp3) is 0.0417. The first-order valence-corrected chi connectivity index (χ1v) is 17.6. The maximum absolute atomic E-state index is 6.08. The summed E-state index contributed by atoms with van der Waals surface area (Å²) in [6.45, 7) is 16.3. The molecule has 0 saturated heterocycles. The maximum Gasteiger partial charge on any atom is 0.135 e. The zero-order chi connectivity index (χ0) is 34.9. The minimum absolute atomic E-state index is 0.820. The highest BCUT2D eigenvalue weighted by Gasteiger charge is 2.09. The average Bonchev–Trinajstić information content (AvgIpc) is 3.60. The molecule has 0 spiro atoms. The lowest BCUT2D eigenvalue weighted by Crippen LogP contribution is -1.87. The zero-order valence-corrected chi connectivity index (χ0v) is 29.4. The molecule has 0 atom stereocenters. The van der Waals surface area contributed by atoms with E-state index in [4.69, 9.17) is 4.42 Å². The molecule has 0 saturated carbocycles. The predicted molar refractivity (Wildman–Crippen MR) is 223 cm³/mol. The molecule has 4 aromatic carbocycles. The third-order valence-corrected chi connectivity index (χ3v) is 9.54. The van der Waals surface area contributed by atoms with Crippen LogP contribution < -0.4 is 0 Å². The molecule has 0 N–H and O–H groups in total. The van der Waals surface area contributed by atoms with E-state index in [0.29, 0.717) is 0 Å². The standard InChI is InChI=1S/C48H40OS/c1-6-9-18-34(4)41-21-13-11-12-14-22-42(44-24-16-15-23-43(41)44)35(5)30-36(8-3)37-19-17-29-50-48-33-45-38(31-39(48)26-25-37)27-28-47-46(45)32-40(49-47)20-10-7-2/h6-33H,1-2,4H2,3,5H3/b12-11?,13-11?,14-12?,18-9-,20-10-,21-13?,22-14?,26-25?,29-17?,35-30+,36-8+,37-19?,41-21?,42-22?,43-41?,44-42?. The average molecular weight is 665 g/mol. The summed E-state index contributed by atoms with van der Waals surface area (Å²) in [7, 11) is 0. The molecule has 0 bridgehead atoms. The van der Waals surface area contributed by atoms with Crippen molar-refractivity contribution in [3.8, 4) is 0 Å². The van der Waals surface area contributed by atoms with E-state index in [2.05, 4.69) is 166 Å². The Morgan fingerprint density at radius 3 is 2.16 bits per heavy atom. The smallest absolute Gasteiger partial charge is 0.135 e. The largest absolute Gasteiger partial charge is 0.457 e. The second-order valence-corrected chi connectivity index (χ2v) is 12.8. The van der Waals surface area contributed by atoms with Crippen molar-refractivity contribution in [2.45, 2.75) is 13.8 Å². The highest BCUT2D eigenvalue weighted by molar-refractivity contribution is 7.16. The van der Waals surface area contributed by atoms with Crippen molar-refractivity contribution in [3.63, 3.8) is 0 Å². The number of allylic oxidation sites excluding steroid dienone is 10. The van der Waals surface area contributed by atoms with Crippen molar-refractivity contribution >= 4 is 76.7 Å². The molecule has 0 aliphatic heterocycles. The van der Waals surface area contributed by atoms with Crippen LogP contribution in [0.2, 0.25) is 0 Å². The second kappa shape index (κ2) is 16.0. The van der Waals surface area contributed by atoms with Crippen LogP contribution in [-0.2, 0) is 0 Å². The Kier molecular flexibility index (Phi) is 10.8. The first kappa shape index (κ1) is 33.9. The van der Waals surface area contributed by atoms with Gasteiger partial charge in [-0.2, -0.15) is 0 Å². The normalized spacial score (nSPS) is 12.1. The maximum atomic E-state index is 6.08. The summed E-state index contributed by atoms with van der Waals surface area (Å²) < 4.78 is 7.27. The van der Waals surface area contributed by atoms with Gasteiger partial charge in [0, 0.05) is 10.1 Å². The van der Waals surface area contributed by atoms with Crippen LogP contribution in [0.4, 0.5) is 0 Å². The van der Waals surface area contributed by atoms with E-state index < -0.39 is 0 Å². The van der Waals surface area contributed by atoms with Crippen LogP contribution in [-0.4, -0.2) is 0 Å². The van der Waals surface area contributed by atoms with Gasteiger partial charge in [-0.1, -0.05) is 153 Å². The van der Waals surface area contributed by atoms with E-state index in [0.717, 1.165) is 60.9 Å². The SMILES string of the molecule is C=C/C=C\C(=C)c1ccccccc(/C(C)=C/C(=C\C)c2cccsc3cc4c(ccc5oc(/C=C\C=C)cc54)cc3cc2)c2ccccc12. The van der Waals surface area contributed by atoms with E-state index >= 15 is 0 Å². The molecule has 6 rings (SSSR count). The van der Waals surface area contributed by atoms with Crippen molar-refractivity contribution in [2.75, 3.05) is 0 Å². The van der Waals surface area contributed by atoms with Gasteiger partial charge in [-0.25, -0.2) is 0 Å². The molecule has 2 heterocycles. The minimum atomic E-state index is 0.820. The predicted octanol–water partition coefficient (Wildman–Crippen LogP) is 14.7. The van der Waals surface area contributed by atoms with Gasteiger partial charge in [0.25, 0.3) is 0 Å². The van der Waals surface area contributed by atoms with Gasteiger partial charge in [0.05, 0.1) is 0 Å². The van der Waals surface area contributed by atoms with Crippen LogP contribution in [0.3, 0.4) is 0 Å².